The van der Waals surface area contributed by atoms with Crippen molar-refractivity contribution < 1.29 is 19.4 Å². The molecule has 4 heteroatoms. The summed E-state index contributed by atoms with van der Waals surface area (Å²) in [4.78, 5) is 22.5. The lowest BCUT2D eigenvalue weighted by atomic mass is 10.0. The van der Waals surface area contributed by atoms with Crippen LogP contribution in [-0.2, 0) is 14.3 Å². The van der Waals surface area contributed by atoms with Crippen molar-refractivity contribution in [3.63, 3.8) is 0 Å². The van der Waals surface area contributed by atoms with Crippen LogP contribution >= 0.6 is 0 Å². The topological polar surface area (TPSA) is 63.6 Å². The van der Waals surface area contributed by atoms with Gasteiger partial charge in [-0.05, 0) is 19.3 Å². The van der Waals surface area contributed by atoms with E-state index in [0.717, 1.165) is 25.7 Å². The summed E-state index contributed by atoms with van der Waals surface area (Å²) in [6.45, 7) is 2.91. The number of carboxylic acids is 1. The van der Waals surface area contributed by atoms with Crippen LogP contribution in [0.25, 0.3) is 0 Å². The van der Waals surface area contributed by atoms with E-state index < -0.39 is 5.97 Å². The van der Waals surface area contributed by atoms with Crippen LogP contribution in [0.1, 0.15) is 328 Å². The maximum absolute atomic E-state index is 12.0. The number of hydrogen-bond acceptors (Lipinski definition) is 3. The molecule has 1 N–H and O–H groups in total. The molecule has 0 aliphatic carbocycles. The van der Waals surface area contributed by atoms with E-state index in [1.54, 1.807) is 0 Å². The highest BCUT2D eigenvalue weighted by atomic mass is 16.5. The standard InChI is InChI=1S/C54H106O4/c1-2-3-4-5-6-7-35-39-42-45-48-51-54(57)58-52-49-46-43-40-37-34-32-30-28-26-24-22-20-18-16-14-12-10-8-9-11-13-15-17-19-21-23-25-27-29-31-33-36-38-41-44-47-50-53(55)56/h2-52H2,1H3,(H,55,56). The molecule has 0 unspecified atom stereocenters. The molecular weight excluding hydrogens is 713 g/mol. The third-order valence-corrected chi connectivity index (χ3v) is 12.8. The maximum atomic E-state index is 12.0. The molecule has 0 aromatic rings. The zero-order chi connectivity index (χ0) is 41.9. The van der Waals surface area contributed by atoms with E-state index in [1.165, 1.54) is 283 Å². The number of hydrogen-bond donors (Lipinski definition) is 1. The van der Waals surface area contributed by atoms with Crippen LogP contribution in [0.4, 0.5) is 0 Å². The highest BCUT2D eigenvalue weighted by Crippen LogP contribution is 2.18. The van der Waals surface area contributed by atoms with Crippen LogP contribution in [0.3, 0.4) is 0 Å². The second kappa shape index (κ2) is 52.1. The Morgan fingerprint density at radius 2 is 0.466 bits per heavy atom. The monoisotopic (exact) mass is 819 g/mol. The molecule has 0 bridgehead atoms. The van der Waals surface area contributed by atoms with Crippen molar-refractivity contribution in [2.45, 2.75) is 328 Å². The third-order valence-electron chi connectivity index (χ3n) is 12.8. The van der Waals surface area contributed by atoms with E-state index in [-0.39, 0.29) is 5.97 Å². The van der Waals surface area contributed by atoms with E-state index in [1.807, 2.05) is 0 Å². The Hall–Kier alpha value is -1.06. The first-order valence-electron chi connectivity index (χ1n) is 27.0. The van der Waals surface area contributed by atoms with Crippen LogP contribution in [0.2, 0.25) is 0 Å². The Bertz CT molecular complexity index is 781. The number of aliphatic carboxylic acids is 1. The summed E-state index contributed by atoms with van der Waals surface area (Å²) in [5.41, 5.74) is 0. The molecule has 0 radical (unpaired) electrons. The molecule has 0 atom stereocenters. The number of carbonyl (C=O) groups excluding carboxylic acids is 1. The molecule has 0 aliphatic heterocycles. The lowest BCUT2D eigenvalue weighted by Crippen LogP contribution is -2.05. The molecule has 0 saturated carbocycles. The predicted molar refractivity (Wildman–Crippen MR) is 255 cm³/mol. The highest BCUT2D eigenvalue weighted by molar-refractivity contribution is 5.69. The summed E-state index contributed by atoms with van der Waals surface area (Å²) < 4.78 is 5.47. The zero-order valence-electron chi connectivity index (χ0n) is 39.7. The van der Waals surface area contributed by atoms with Gasteiger partial charge in [-0.15, -0.1) is 0 Å². The first-order chi connectivity index (χ1) is 28.7. The first-order valence-corrected chi connectivity index (χ1v) is 27.0. The fraction of sp³-hybridized carbons (Fsp3) is 0.963. The van der Waals surface area contributed by atoms with Gasteiger partial charge < -0.3 is 9.84 Å². The van der Waals surface area contributed by atoms with Crippen molar-refractivity contribution in [2.75, 3.05) is 6.61 Å². The third kappa shape index (κ3) is 53.0. The van der Waals surface area contributed by atoms with Crippen molar-refractivity contribution in [3.8, 4) is 0 Å². The SMILES string of the molecule is CCCCCCCCCCCCCC(=O)OCCCCCCCCCCCCCCCCCCCCCCCCCCCCCCCCCCCCCCCC(=O)O. The quantitative estimate of drug-likeness (QED) is 0.0490. The lowest BCUT2D eigenvalue weighted by Gasteiger charge is -2.06. The average Bonchev–Trinajstić information content (AvgIpc) is 3.22. The van der Waals surface area contributed by atoms with Crippen LogP contribution < -0.4 is 0 Å². The number of rotatable bonds is 52. The number of carboxylic acid groups (broad SMARTS) is 1. The van der Waals surface area contributed by atoms with Gasteiger partial charge in [-0.2, -0.15) is 0 Å². The largest absolute Gasteiger partial charge is 0.481 e. The van der Waals surface area contributed by atoms with Gasteiger partial charge in [0.15, 0.2) is 0 Å². The molecule has 0 rings (SSSR count). The summed E-state index contributed by atoms with van der Waals surface area (Å²) in [6, 6.07) is 0. The van der Waals surface area contributed by atoms with Crippen molar-refractivity contribution >= 4 is 11.9 Å². The Labute approximate surface area is 364 Å². The fourth-order valence-corrected chi connectivity index (χ4v) is 8.76. The fourth-order valence-electron chi connectivity index (χ4n) is 8.76. The average molecular weight is 819 g/mol. The molecule has 0 amide bonds. The van der Waals surface area contributed by atoms with E-state index in [0.29, 0.717) is 19.4 Å². The zero-order valence-corrected chi connectivity index (χ0v) is 39.7. The van der Waals surface area contributed by atoms with Crippen LogP contribution in [0.5, 0.6) is 0 Å². The smallest absolute Gasteiger partial charge is 0.305 e. The number of unbranched alkanes of at least 4 members (excludes halogenated alkanes) is 46. The second-order valence-corrected chi connectivity index (χ2v) is 18.7. The maximum Gasteiger partial charge on any atom is 0.305 e. The summed E-state index contributed by atoms with van der Waals surface area (Å²) >= 11 is 0. The van der Waals surface area contributed by atoms with Crippen LogP contribution in [-0.4, -0.2) is 23.7 Å². The summed E-state index contributed by atoms with van der Waals surface area (Å²) in [5.74, 6) is -0.625. The molecule has 0 spiro atoms. The summed E-state index contributed by atoms with van der Waals surface area (Å²) in [7, 11) is 0. The Balaban J connectivity index is 3.11. The Morgan fingerprint density at radius 1 is 0.276 bits per heavy atom. The molecule has 58 heavy (non-hydrogen) atoms. The summed E-state index contributed by atoms with van der Waals surface area (Å²) in [6.07, 6.45) is 66.4. The summed E-state index contributed by atoms with van der Waals surface area (Å²) in [5, 5.41) is 8.67. The molecule has 346 valence electrons. The molecular formula is C54H106O4. The number of carbonyl (C=O) groups is 2. The Kier molecular flexibility index (Phi) is 51.1. The van der Waals surface area contributed by atoms with Crippen LogP contribution in [0, 0.1) is 0 Å². The molecule has 4 nitrogen and oxygen atoms in total. The van der Waals surface area contributed by atoms with Gasteiger partial charge in [-0.1, -0.05) is 296 Å². The minimum atomic E-state index is -0.650. The minimum absolute atomic E-state index is 0.0250. The minimum Gasteiger partial charge on any atom is -0.481 e. The lowest BCUT2D eigenvalue weighted by molar-refractivity contribution is -0.144. The van der Waals surface area contributed by atoms with E-state index in [9.17, 15) is 9.59 Å². The van der Waals surface area contributed by atoms with Gasteiger partial charge in [-0.3, -0.25) is 9.59 Å². The van der Waals surface area contributed by atoms with Gasteiger partial charge in [0.1, 0.15) is 0 Å². The van der Waals surface area contributed by atoms with Crippen molar-refractivity contribution in [3.05, 3.63) is 0 Å². The molecule has 0 heterocycles. The van der Waals surface area contributed by atoms with Crippen molar-refractivity contribution in [1.82, 2.24) is 0 Å². The molecule has 0 aromatic heterocycles. The van der Waals surface area contributed by atoms with E-state index >= 15 is 0 Å². The van der Waals surface area contributed by atoms with Gasteiger partial charge in [0.05, 0.1) is 6.61 Å². The normalized spacial score (nSPS) is 11.5. The highest BCUT2D eigenvalue weighted by Gasteiger charge is 2.03. The Morgan fingerprint density at radius 3 is 0.690 bits per heavy atom. The van der Waals surface area contributed by atoms with Gasteiger partial charge in [0.25, 0.3) is 0 Å². The molecule has 0 saturated heterocycles. The predicted octanol–water partition coefficient (Wildman–Crippen LogP) is 19.1. The van der Waals surface area contributed by atoms with Crippen molar-refractivity contribution in [1.29, 1.82) is 0 Å². The molecule has 0 aromatic carbocycles. The second-order valence-electron chi connectivity index (χ2n) is 18.7. The van der Waals surface area contributed by atoms with Gasteiger partial charge >= 0.3 is 11.9 Å². The first kappa shape index (κ1) is 56.9. The molecule has 0 aliphatic rings. The van der Waals surface area contributed by atoms with E-state index in [2.05, 4.69) is 6.92 Å². The van der Waals surface area contributed by atoms with E-state index in [4.69, 9.17) is 9.84 Å². The number of esters is 1. The van der Waals surface area contributed by atoms with Crippen LogP contribution in [0.15, 0.2) is 0 Å². The van der Waals surface area contributed by atoms with Gasteiger partial charge in [0.2, 0.25) is 0 Å². The van der Waals surface area contributed by atoms with Gasteiger partial charge in [0, 0.05) is 12.8 Å². The molecule has 0 fully saturated rings. The number of ether oxygens (including phenoxy) is 1. The van der Waals surface area contributed by atoms with Crippen molar-refractivity contribution in [2.24, 2.45) is 0 Å². The van der Waals surface area contributed by atoms with Gasteiger partial charge in [-0.25, -0.2) is 0 Å².